The van der Waals surface area contributed by atoms with Crippen molar-refractivity contribution in [2.24, 2.45) is 5.73 Å². The van der Waals surface area contributed by atoms with E-state index in [1.54, 1.807) is 20.8 Å². The van der Waals surface area contributed by atoms with Crippen LogP contribution in [0.3, 0.4) is 0 Å². The van der Waals surface area contributed by atoms with Gasteiger partial charge in [0.15, 0.2) is 0 Å². The van der Waals surface area contributed by atoms with E-state index in [0.29, 0.717) is 0 Å². The number of carbonyl (C=O) groups excluding carboxylic acids is 1. The zero-order chi connectivity index (χ0) is 18.0. The van der Waals surface area contributed by atoms with Crippen LogP contribution in [0.4, 0.5) is 4.79 Å². The van der Waals surface area contributed by atoms with Gasteiger partial charge in [-0.3, -0.25) is 0 Å². The highest BCUT2D eigenvalue weighted by Gasteiger charge is 2.12. The van der Waals surface area contributed by atoms with Crippen LogP contribution in [0, 0.1) is 0 Å². The standard InChI is InChI=1S/C15H16O.C5H11NO2/c16-12-4-5-13-8-10-15(11-9-13)14-6-2-1-3-7-14;1-5(2,3)8-4(6)7/h1-3,6-11,16H,4-5,12H2;1-3H3,(H2,6,7). The number of hydrogen-bond acceptors (Lipinski definition) is 3. The third kappa shape index (κ3) is 8.34. The average Bonchev–Trinajstić information content (AvgIpc) is 2.52. The molecule has 0 saturated heterocycles. The Morgan fingerprint density at radius 3 is 1.96 bits per heavy atom. The third-order valence-corrected chi connectivity index (χ3v) is 3.09. The van der Waals surface area contributed by atoms with Crippen molar-refractivity contribution in [3.8, 4) is 11.1 Å². The summed E-state index contributed by atoms with van der Waals surface area (Å²) in [7, 11) is 0. The Balaban J connectivity index is 0.000000307. The smallest absolute Gasteiger partial charge is 0.405 e. The normalized spacial score (nSPS) is 10.5. The van der Waals surface area contributed by atoms with Gasteiger partial charge in [-0.05, 0) is 50.3 Å². The van der Waals surface area contributed by atoms with Crippen molar-refractivity contribution in [1.29, 1.82) is 0 Å². The second-order valence-electron chi connectivity index (χ2n) is 6.42. The van der Waals surface area contributed by atoms with E-state index in [9.17, 15) is 4.79 Å². The van der Waals surface area contributed by atoms with Crippen LogP contribution in [0.5, 0.6) is 0 Å². The van der Waals surface area contributed by atoms with E-state index < -0.39 is 11.7 Å². The van der Waals surface area contributed by atoms with Gasteiger partial charge in [0, 0.05) is 6.61 Å². The molecule has 0 heterocycles. The quantitative estimate of drug-likeness (QED) is 0.884. The maximum atomic E-state index is 10.0. The van der Waals surface area contributed by atoms with E-state index >= 15 is 0 Å². The first-order valence-electron chi connectivity index (χ1n) is 8.05. The lowest BCUT2D eigenvalue weighted by Crippen LogP contribution is -2.27. The molecule has 4 nitrogen and oxygen atoms in total. The summed E-state index contributed by atoms with van der Waals surface area (Å²) >= 11 is 0. The number of aryl methyl sites for hydroxylation is 1. The fraction of sp³-hybridized carbons (Fsp3) is 0.350. The Morgan fingerprint density at radius 1 is 1.00 bits per heavy atom. The lowest BCUT2D eigenvalue weighted by Gasteiger charge is -2.16. The predicted octanol–water partition coefficient (Wildman–Crippen LogP) is 4.16. The Bertz CT molecular complexity index is 601. The summed E-state index contributed by atoms with van der Waals surface area (Å²) in [6.45, 7) is 5.55. The van der Waals surface area contributed by atoms with Crippen LogP contribution in [0.25, 0.3) is 11.1 Å². The molecule has 130 valence electrons. The highest BCUT2D eigenvalue weighted by Crippen LogP contribution is 2.19. The average molecular weight is 329 g/mol. The van der Waals surface area contributed by atoms with Gasteiger partial charge in [-0.15, -0.1) is 0 Å². The van der Waals surface area contributed by atoms with Crippen LogP contribution in [-0.4, -0.2) is 23.4 Å². The van der Waals surface area contributed by atoms with Crippen LogP contribution in [0.2, 0.25) is 0 Å². The third-order valence-electron chi connectivity index (χ3n) is 3.09. The summed E-state index contributed by atoms with van der Waals surface area (Å²) in [5.74, 6) is 0. The van der Waals surface area contributed by atoms with Gasteiger partial charge in [-0.25, -0.2) is 4.79 Å². The lowest BCUT2D eigenvalue weighted by molar-refractivity contribution is 0.0600. The van der Waals surface area contributed by atoms with Crippen molar-refractivity contribution < 1.29 is 14.6 Å². The van der Waals surface area contributed by atoms with Gasteiger partial charge >= 0.3 is 6.09 Å². The molecule has 1 amide bonds. The molecule has 0 bridgehead atoms. The van der Waals surface area contributed by atoms with Gasteiger partial charge in [0.2, 0.25) is 0 Å². The number of benzene rings is 2. The predicted molar refractivity (Wildman–Crippen MR) is 97.7 cm³/mol. The van der Waals surface area contributed by atoms with Crippen molar-refractivity contribution in [1.82, 2.24) is 0 Å². The van der Waals surface area contributed by atoms with Crippen LogP contribution >= 0.6 is 0 Å². The molecule has 24 heavy (non-hydrogen) atoms. The number of ether oxygens (including phenoxy) is 1. The molecule has 2 aromatic rings. The monoisotopic (exact) mass is 329 g/mol. The van der Waals surface area contributed by atoms with E-state index in [4.69, 9.17) is 10.8 Å². The Kier molecular flexibility index (Phi) is 7.99. The molecule has 2 rings (SSSR count). The van der Waals surface area contributed by atoms with Gasteiger partial charge in [0.05, 0.1) is 0 Å². The van der Waals surface area contributed by atoms with Crippen molar-refractivity contribution in [2.75, 3.05) is 6.61 Å². The van der Waals surface area contributed by atoms with E-state index in [-0.39, 0.29) is 6.61 Å². The second-order valence-corrected chi connectivity index (χ2v) is 6.42. The molecule has 3 N–H and O–H groups in total. The molecule has 0 aliphatic carbocycles. The number of carbonyl (C=O) groups is 1. The van der Waals surface area contributed by atoms with Crippen LogP contribution in [0.1, 0.15) is 32.8 Å². The van der Waals surface area contributed by atoms with Crippen LogP contribution in [0.15, 0.2) is 54.6 Å². The molecule has 0 saturated carbocycles. The molecule has 0 aliphatic rings. The van der Waals surface area contributed by atoms with Crippen molar-refractivity contribution in [2.45, 2.75) is 39.2 Å². The van der Waals surface area contributed by atoms with Crippen molar-refractivity contribution in [3.05, 3.63) is 60.2 Å². The minimum atomic E-state index is -0.725. The zero-order valence-electron chi connectivity index (χ0n) is 14.7. The number of hydrogen-bond donors (Lipinski definition) is 2. The van der Waals surface area contributed by atoms with Crippen LogP contribution < -0.4 is 5.73 Å². The summed E-state index contributed by atoms with van der Waals surface area (Å²) in [5.41, 5.74) is 8.04. The lowest BCUT2D eigenvalue weighted by atomic mass is 10.0. The molecular formula is C20H27NO3. The molecular weight excluding hydrogens is 302 g/mol. The van der Waals surface area contributed by atoms with Gasteiger partial charge in [0.1, 0.15) is 5.60 Å². The van der Waals surface area contributed by atoms with E-state index in [1.807, 2.05) is 6.07 Å². The maximum Gasteiger partial charge on any atom is 0.405 e. The number of aliphatic hydroxyl groups excluding tert-OH is 1. The molecule has 0 radical (unpaired) electrons. The molecule has 4 heteroatoms. The molecule has 0 spiro atoms. The molecule has 0 fully saturated rings. The minimum Gasteiger partial charge on any atom is -0.444 e. The molecule has 0 unspecified atom stereocenters. The van der Waals surface area contributed by atoms with Gasteiger partial charge in [-0.1, -0.05) is 54.6 Å². The molecule has 0 atom stereocenters. The first-order chi connectivity index (χ1) is 11.3. The van der Waals surface area contributed by atoms with Crippen molar-refractivity contribution in [3.63, 3.8) is 0 Å². The van der Waals surface area contributed by atoms with Crippen molar-refractivity contribution >= 4 is 6.09 Å². The first-order valence-corrected chi connectivity index (χ1v) is 8.05. The molecule has 0 aliphatic heterocycles. The van der Waals surface area contributed by atoms with E-state index in [0.717, 1.165) is 12.8 Å². The summed E-state index contributed by atoms with van der Waals surface area (Å²) < 4.78 is 4.58. The summed E-state index contributed by atoms with van der Waals surface area (Å²) in [6.07, 6.45) is 1.06. The Labute approximate surface area is 144 Å². The minimum absolute atomic E-state index is 0.264. The number of aliphatic hydroxyl groups is 1. The SMILES string of the molecule is CC(C)(C)OC(N)=O.OCCCc1ccc(-c2ccccc2)cc1. The second kappa shape index (κ2) is 9.73. The maximum absolute atomic E-state index is 10.0. The Morgan fingerprint density at radius 2 is 1.54 bits per heavy atom. The number of amides is 1. The zero-order valence-corrected chi connectivity index (χ0v) is 14.7. The summed E-state index contributed by atoms with van der Waals surface area (Å²) in [5, 5.41) is 8.76. The topological polar surface area (TPSA) is 72.5 Å². The highest BCUT2D eigenvalue weighted by molar-refractivity contribution is 5.65. The Hall–Kier alpha value is -2.33. The summed E-state index contributed by atoms with van der Waals surface area (Å²) in [4.78, 5) is 10.0. The van der Waals surface area contributed by atoms with Crippen LogP contribution in [-0.2, 0) is 11.2 Å². The first kappa shape index (κ1) is 19.7. The van der Waals surface area contributed by atoms with Gasteiger partial charge in [-0.2, -0.15) is 0 Å². The fourth-order valence-corrected chi connectivity index (χ4v) is 2.08. The van der Waals surface area contributed by atoms with Gasteiger partial charge in [0.25, 0.3) is 0 Å². The van der Waals surface area contributed by atoms with E-state index in [1.165, 1.54) is 16.7 Å². The number of nitrogens with two attached hydrogens (primary N) is 1. The fourth-order valence-electron chi connectivity index (χ4n) is 2.08. The summed E-state index contributed by atoms with van der Waals surface area (Å²) in [6, 6.07) is 18.9. The number of rotatable bonds is 4. The molecule has 2 aromatic carbocycles. The number of primary amides is 1. The largest absolute Gasteiger partial charge is 0.444 e. The highest BCUT2D eigenvalue weighted by atomic mass is 16.6. The molecule has 0 aromatic heterocycles. The van der Waals surface area contributed by atoms with Gasteiger partial charge < -0.3 is 15.6 Å². The van der Waals surface area contributed by atoms with E-state index in [2.05, 4.69) is 53.3 Å².